The fourth-order valence-corrected chi connectivity index (χ4v) is 4.73. The first-order chi connectivity index (χ1) is 15.4. The van der Waals surface area contributed by atoms with Gasteiger partial charge in [0.2, 0.25) is 0 Å². The number of pyridine rings is 1. The van der Waals surface area contributed by atoms with Crippen LogP contribution in [0.2, 0.25) is 0 Å². The second-order valence-corrected chi connectivity index (χ2v) is 8.66. The third kappa shape index (κ3) is 4.14. The van der Waals surface area contributed by atoms with Crippen molar-refractivity contribution in [2.75, 3.05) is 23.8 Å². The molecular formula is C21H24F2N8S. The van der Waals surface area contributed by atoms with Gasteiger partial charge in [0.15, 0.2) is 17.5 Å². The van der Waals surface area contributed by atoms with Gasteiger partial charge in [0.05, 0.1) is 21.1 Å². The number of nitrogens with zero attached hydrogens (tertiary/aromatic N) is 4. The predicted octanol–water partition coefficient (Wildman–Crippen LogP) is 2.84. The van der Waals surface area contributed by atoms with Crippen LogP contribution in [0.4, 0.5) is 20.3 Å². The molecule has 0 aliphatic carbocycles. The normalized spacial score (nSPS) is 15.2. The zero-order valence-electron chi connectivity index (χ0n) is 17.5. The van der Waals surface area contributed by atoms with Crippen LogP contribution < -0.4 is 27.7 Å². The van der Waals surface area contributed by atoms with E-state index in [1.54, 1.807) is 29.8 Å². The summed E-state index contributed by atoms with van der Waals surface area (Å²) in [6.07, 6.45) is 5.51. The molecule has 32 heavy (non-hydrogen) atoms. The average Bonchev–Trinajstić information content (AvgIpc) is 3.30. The Morgan fingerprint density at radius 1 is 1.19 bits per heavy atom. The molecular weight excluding hydrogens is 434 g/mol. The largest absolute Gasteiger partial charge is 0.383 e. The van der Waals surface area contributed by atoms with Crippen LogP contribution in [0.25, 0.3) is 10.4 Å². The van der Waals surface area contributed by atoms with Crippen molar-refractivity contribution in [1.82, 2.24) is 15.3 Å². The number of rotatable bonds is 4. The Kier molecular flexibility index (Phi) is 6.31. The van der Waals surface area contributed by atoms with E-state index in [4.69, 9.17) is 17.4 Å². The summed E-state index contributed by atoms with van der Waals surface area (Å²) in [5.74, 6) is 10.0. The lowest BCUT2D eigenvalue weighted by Crippen LogP contribution is -2.40. The minimum atomic E-state index is -1.11. The van der Waals surface area contributed by atoms with Crippen molar-refractivity contribution in [3.05, 3.63) is 58.4 Å². The molecule has 0 amide bonds. The van der Waals surface area contributed by atoms with Gasteiger partial charge in [-0.3, -0.25) is 5.01 Å². The highest BCUT2D eigenvalue weighted by molar-refractivity contribution is 7.15. The molecule has 3 heterocycles. The highest BCUT2D eigenvalue weighted by Crippen LogP contribution is 2.34. The summed E-state index contributed by atoms with van der Waals surface area (Å²) < 4.78 is 28.6. The van der Waals surface area contributed by atoms with E-state index in [0.717, 1.165) is 46.4 Å². The van der Waals surface area contributed by atoms with Crippen LogP contribution >= 0.6 is 11.3 Å². The molecule has 1 aliphatic heterocycles. The van der Waals surface area contributed by atoms with E-state index in [9.17, 15) is 8.78 Å². The molecule has 0 radical (unpaired) electrons. The van der Waals surface area contributed by atoms with Gasteiger partial charge < -0.3 is 16.9 Å². The number of thiazole rings is 1. The van der Waals surface area contributed by atoms with Crippen LogP contribution in [0.1, 0.15) is 34.9 Å². The zero-order valence-corrected chi connectivity index (χ0v) is 18.3. The second kappa shape index (κ2) is 9.15. The fourth-order valence-electron chi connectivity index (χ4n) is 3.67. The SMILES string of the molecule is Cc1ccc(N(N)/C(=N\N)c2cc(-c3cnc(C4CCNCC4)s3)cnc2N)c(F)c1F. The van der Waals surface area contributed by atoms with Gasteiger partial charge in [0.1, 0.15) is 5.82 Å². The summed E-state index contributed by atoms with van der Waals surface area (Å²) in [5.41, 5.74) is 7.03. The van der Waals surface area contributed by atoms with Gasteiger partial charge in [-0.15, -0.1) is 11.3 Å². The number of amidine groups is 1. The molecule has 0 unspecified atom stereocenters. The molecule has 0 spiro atoms. The van der Waals surface area contributed by atoms with Crippen LogP contribution in [-0.2, 0) is 0 Å². The van der Waals surface area contributed by atoms with Crippen LogP contribution in [-0.4, -0.2) is 28.9 Å². The number of nitrogens with two attached hydrogens (primary N) is 3. The first-order valence-electron chi connectivity index (χ1n) is 10.1. The minimum Gasteiger partial charge on any atom is -0.383 e. The standard InChI is InChI=1S/C21H24F2N8S/c1-11-2-3-15(18(23)17(11)22)31(26)20(30-25)14-8-13(9-28-19(14)24)16-10-29-21(32-16)12-4-6-27-7-5-12/h2-3,8-10,12,27H,4-7,25-26H2,1H3,(H2,24,28)/b30-20-. The number of nitrogens with one attached hydrogen (secondary N) is 1. The molecule has 1 aliphatic rings. The molecule has 1 aromatic carbocycles. The van der Waals surface area contributed by atoms with Crippen LogP contribution in [0.3, 0.4) is 0 Å². The molecule has 0 atom stereocenters. The van der Waals surface area contributed by atoms with E-state index >= 15 is 0 Å². The van der Waals surface area contributed by atoms with E-state index < -0.39 is 11.6 Å². The van der Waals surface area contributed by atoms with Gasteiger partial charge in [-0.1, -0.05) is 6.07 Å². The molecule has 0 bridgehead atoms. The van der Waals surface area contributed by atoms with Crippen LogP contribution in [0.5, 0.6) is 0 Å². The second-order valence-electron chi connectivity index (χ2n) is 7.60. The molecule has 8 nitrogen and oxygen atoms in total. The summed E-state index contributed by atoms with van der Waals surface area (Å²) in [6.45, 7) is 3.41. The lowest BCUT2D eigenvalue weighted by atomic mass is 9.99. The predicted molar refractivity (Wildman–Crippen MR) is 123 cm³/mol. The third-order valence-electron chi connectivity index (χ3n) is 5.52. The molecule has 7 N–H and O–H groups in total. The van der Waals surface area contributed by atoms with E-state index in [0.29, 0.717) is 11.5 Å². The quantitative estimate of drug-likeness (QED) is 0.205. The number of anilines is 2. The highest BCUT2D eigenvalue weighted by Gasteiger charge is 2.23. The van der Waals surface area contributed by atoms with Gasteiger partial charge in [-0.2, -0.15) is 5.10 Å². The Labute approximate surface area is 188 Å². The number of nitrogen functional groups attached to an aromatic ring is 1. The summed E-state index contributed by atoms with van der Waals surface area (Å²) in [7, 11) is 0. The van der Waals surface area contributed by atoms with Gasteiger partial charge >= 0.3 is 0 Å². The fraction of sp³-hybridized carbons (Fsp3) is 0.286. The lowest BCUT2D eigenvalue weighted by molar-refractivity contribution is 0.459. The Morgan fingerprint density at radius 3 is 2.66 bits per heavy atom. The topological polar surface area (TPSA) is 131 Å². The first kappa shape index (κ1) is 22.1. The molecule has 4 rings (SSSR count). The van der Waals surface area contributed by atoms with Crippen molar-refractivity contribution in [2.24, 2.45) is 16.8 Å². The van der Waals surface area contributed by atoms with Crippen molar-refractivity contribution in [3.8, 4) is 10.4 Å². The highest BCUT2D eigenvalue weighted by atomic mass is 32.1. The number of piperidine rings is 1. The summed E-state index contributed by atoms with van der Waals surface area (Å²) in [6, 6.07) is 4.48. The summed E-state index contributed by atoms with van der Waals surface area (Å²) >= 11 is 1.59. The molecule has 3 aromatic rings. The molecule has 11 heteroatoms. The third-order valence-corrected chi connectivity index (χ3v) is 6.73. The van der Waals surface area contributed by atoms with Crippen LogP contribution in [0, 0.1) is 18.6 Å². The Morgan fingerprint density at radius 2 is 1.94 bits per heavy atom. The zero-order chi connectivity index (χ0) is 22.8. The van der Waals surface area contributed by atoms with E-state index in [1.807, 2.05) is 0 Å². The maximum absolute atomic E-state index is 14.5. The molecule has 0 saturated carbocycles. The molecule has 1 fully saturated rings. The van der Waals surface area contributed by atoms with Gasteiger partial charge in [0, 0.05) is 23.9 Å². The smallest absolute Gasteiger partial charge is 0.184 e. The minimum absolute atomic E-state index is 0.0536. The molecule has 1 saturated heterocycles. The number of aromatic nitrogens is 2. The van der Waals surface area contributed by atoms with Crippen LogP contribution in [0.15, 0.2) is 35.7 Å². The van der Waals surface area contributed by atoms with Gasteiger partial charge in [-0.25, -0.2) is 24.6 Å². The Balaban J connectivity index is 1.67. The number of benzene rings is 1. The molecule has 168 valence electrons. The van der Waals surface area contributed by atoms with Crippen molar-refractivity contribution in [1.29, 1.82) is 0 Å². The number of hydrogen-bond donors (Lipinski definition) is 4. The monoisotopic (exact) mass is 458 g/mol. The number of hydrazone groups is 1. The number of aryl methyl sites for hydroxylation is 1. The van der Waals surface area contributed by atoms with Gasteiger partial charge in [-0.05, 0) is 50.6 Å². The number of hydrogen-bond acceptors (Lipinski definition) is 8. The van der Waals surface area contributed by atoms with E-state index in [1.165, 1.54) is 19.1 Å². The first-order valence-corrected chi connectivity index (χ1v) is 10.9. The average molecular weight is 459 g/mol. The van der Waals surface area contributed by atoms with Crippen molar-refractivity contribution >= 4 is 28.7 Å². The lowest BCUT2D eigenvalue weighted by Gasteiger charge is -2.22. The maximum Gasteiger partial charge on any atom is 0.184 e. The summed E-state index contributed by atoms with van der Waals surface area (Å²) in [4.78, 5) is 9.74. The maximum atomic E-state index is 14.5. The van der Waals surface area contributed by atoms with E-state index in [2.05, 4.69) is 20.4 Å². The Bertz CT molecular complexity index is 1160. The van der Waals surface area contributed by atoms with Gasteiger partial charge in [0.25, 0.3) is 0 Å². The number of hydrazine groups is 1. The Hall–Kier alpha value is -3.15. The van der Waals surface area contributed by atoms with Crippen molar-refractivity contribution in [2.45, 2.75) is 25.7 Å². The molecule has 2 aromatic heterocycles. The van der Waals surface area contributed by atoms with Crippen molar-refractivity contribution < 1.29 is 8.78 Å². The number of halogens is 2. The van der Waals surface area contributed by atoms with E-state index in [-0.39, 0.29) is 22.9 Å². The van der Waals surface area contributed by atoms with Crippen molar-refractivity contribution in [3.63, 3.8) is 0 Å². The summed E-state index contributed by atoms with van der Waals surface area (Å²) in [5, 5.41) is 8.98.